The minimum atomic E-state index is -0.591. The highest BCUT2D eigenvalue weighted by molar-refractivity contribution is 6.31. The van der Waals surface area contributed by atoms with E-state index in [2.05, 4.69) is 5.10 Å². The molecule has 3 heterocycles. The van der Waals surface area contributed by atoms with Gasteiger partial charge in [-0.1, -0.05) is 11.6 Å². The van der Waals surface area contributed by atoms with Crippen molar-refractivity contribution in [1.82, 2.24) is 19.6 Å². The highest BCUT2D eigenvalue weighted by atomic mass is 35.5. The fraction of sp³-hybridized carbons (Fsp3) is 0.421. The molecule has 29 heavy (non-hydrogen) atoms. The van der Waals surface area contributed by atoms with Gasteiger partial charge in [0, 0.05) is 43.8 Å². The van der Waals surface area contributed by atoms with Crippen molar-refractivity contribution in [2.75, 3.05) is 26.2 Å². The van der Waals surface area contributed by atoms with Crippen LogP contribution in [-0.2, 0) is 13.0 Å². The van der Waals surface area contributed by atoms with Crippen LogP contribution in [0.3, 0.4) is 0 Å². The zero-order valence-corrected chi connectivity index (χ0v) is 16.5. The Bertz CT molecular complexity index is 981. The van der Waals surface area contributed by atoms with Gasteiger partial charge >= 0.3 is 0 Å². The van der Waals surface area contributed by atoms with Gasteiger partial charge in [-0.3, -0.25) is 24.4 Å². The number of amides is 2. The Labute approximate surface area is 172 Å². The predicted octanol–water partition coefficient (Wildman–Crippen LogP) is 2.38. The summed E-state index contributed by atoms with van der Waals surface area (Å²) in [5.41, 5.74) is 1.31. The number of piperazine rings is 1. The molecular weight excluding hydrogens is 398 g/mol. The molecule has 0 bridgehead atoms. The molecule has 0 aliphatic carbocycles. The molecule has 0 spiro atoms. The number of benzene rings is 1. The highest BCUT2D eigenvalue weighted by Crippen LogP contribution is 2.25. The Balaban J connectivity index is 1.45. The number of carbonyl (C=O) groups is 2. The van der Waals surface area contributed by atoms with Crippen LogP contribution in [0.1, 0.15) is 39.3 Å². The van der Waals surface area contributed by atoms with Crippen LogP contribution < -0.4 is 0 Å². The molecule has 0 N–H and O–H groups in total. The van der Waals surface area contributed by atoms with E-state index in [9.17, 15) is 19.7 Å². The van der Waals surface area contributed by atoms with E-state index in [0.717, 1.165) is 31.5 Å². The minimum Gasteiger partial charge on any atom is -0.335 e. The molecule has 0 atom stereocenters. The normalized spacial score (nSPS) is 16.4. The van der Waals surface area contributed by atoms with Gasteiger partial charge in [0.05, 0.1) is 22.4 Å². The van der Waals surface area contributed by atoms with E-state index in [-0.39, 0.29) is 22.2 Å². The van der Waals surface area contributed by atoms with E-state index in [0.29, 0.717) is 31.7 Å². The first-order valence-electron chi connectivity index (χ1n) is 9.53. The van der Waals surface area contributed by atoms with Crippen molar-refractivity contribution in [2.24, 2.45) is 0 Å². The van der Waals surface area contributed by atoms with Gasteiger partial charge in [0.25, 0.3) is 17.5 Å². The number of fused-ring (bicyclic) bond motifs is 1. The molecule has 152 valence electrons. The molecule has 10 heteroatoms. The number of nitro benzene ring substituents is 1. The van der Waals surface area contributed by atoms with E-state index in [1.807, 2.05) is 4.68 Å². The second-order valence-corrected chi connectivity index (χ2v) is 7.62. The van der Waals surface area contributed by atoms with E-state index in [1.54, 1.807) is 11.1 Å². The molecule has 2 aliphatic heterocycles. The second-order valence-electron chi connectivity index (χ2n) is 7.19. The first-order valence-corrected chi connectivity index (χ1v) is 9.90. The summed E-state index contributed by atoms with van der Waals surface area (Å²) in [6.45, 7) is 2.17. The molecule has 2 amide bonds. The van der Waals surface area contributed by atoms with Gasteiger partial charge < -0.3 is 9.80 Å². The topological polar surface area (TPSA) is 102 Å². The first kappa shape index (κ1) is 19.4. The van der Waals surface area contributed by atoms with Crippen molar-refractivity contribution >= 4 is 29.1 Å². The van der Waals surface area contributed by atoms with Crippen molar-refractivity contribution < 1.29 is 14.5 Å². The Hall–Kier alpha value is -2.94. The summed E-state index contributed by atoms with van der Waals surface area (Å²) in [7, 11) is 0. The number of halogens is 1. The van der Waals surface area contributed by atoms with Crippen LogP contribution in [-0.4, -0.2) is 62.5 Å². The summed E-state index contributed by atoms with van der Waals surface area (Å²) in [5.74, 6) is -0.525. The number of nitro groups is 1. The summed E-state index contributed by atoms with van der Waals surface area (Å²) in [6, 6.07) is 3.94. The third-order valence-corrected chi connectivity index (χ3v) is 5.69. The molecule has 1 saturated heterocycles. The van der Waals surface area contributed by atoms with Gasteiger partial charge in [0.15, 0.2) is 0 Å². The molecule has 0 radical (unpaired) electrons. The van der Waals surface area contributed by atoms with Crippen LogP contribution >= 0.6 is 11.6 Å². The largest absolute Gasteiger partial charge is 0.335 e. The van der Waals surface area contributed by atoms with Crippen LogP contribution in [0.25, 0.3) is 0 Å². The summed E-state index contributed by atoms with van der Waals surface area (Å²) in [4.78, 5) is 39.6. The van der Waals surface area contributed by atoms with Gasteiger partial charge in [-0.2, -0.15) is 5.10 Å². The molecule has 1 fully saturated rings. The smallest absolute Gasteiger partial charge is 0.282 e. The lowest BCUT2D eigenvalue weighted by Gasteiger charge is -2.34. The van der Waals surface area contributed by atoms with Crippen molar-refractivity contribution in [3.63, 3.8) is 0 Å². The first-order chi connectivity index (χ1) is 14.0. The number of rotatable bonds is 3. The maximum absolute atomic E-state index is 12.9. The predicted molar refractivity (Wildman–Crippen MR) is 105 cm³/mol. The van der Waals surface area contributed by atoms with Crippen LogP contribution in [0.2, 0.25) is 5.02 Å². The van der Waals surface area contributed by atoms with Gasteiger partial charge in [-0.25, -0.2) is 0 Å². The number of hydrogen-bond acceptors (Lipinski definition) is 5. The molecule has 0 unspecified atom stereocenters. The number of aromatic nitrogens is 2. The lowest BCUT2D eigenvalue weighted by molar-refractivity contribution is -0.385. The summed E-state index contributed by atoms with van der Waals surface area (Å²) in [6.07, 6.45) is 4.60. The monoisotopic (exact) mass is 417 g/mol. The van der Waals surface area contributed by atoms with Gasteiger partial charge in [0.2, 0.25) is 0 Å². The third-order valence-electron chi connectivity index (χ3n) is 5.45. The van der Waals surface area contributed by atoms with Gasteiger partial charge in [-0.05, 0) is 31.4 Å². The minimum absolute atomic E-state index is 0.0343. The van der Waals surface area contributed by atoms with Crippen molar-refractivity contribution in [3.8, 4) is 0 Å². The van der Waals surface area contributed by atoms with E-state index < -0.39 is 10.8 Å². The fourth-order valence-corrected chi connectivity index (χ4v) is 4.06. The summed E-state index contributed by atoms with van der Waals surface area (Å²) < 4.78 is 1.90. The average Bonchev–Trinajstić information content (AvgIpc) is 3.16. The summed E-state index contributed by atoms with van der Waals surface area (Å²) in [5, 5.41) is 15.8. The lowest BCUT2D eigenvalue weighted by atomic mass is 10.1. The van der Waals surface area contributed by atoms with E-state index in [1.165, 1.54) is 23.1 Å². The number of nitrogens with zero attached hydrogens (tertiary/aromatic N) is 5. The second kappa shape index (κ2) is 7.82. The van der Waals surface area contributed by atoms with Crippen LogP contribution in [0.15, 0.2) is 24.4 Å². The molecule has 2 aliphatic rings. The molecular formula is C19H20ClN5O4. The number of carbonyl (C=O) groups excluding carboxylic acids is 2. The van der Waals surface area contributed by atoms with Crippen LogP contribution in [0.5, 0.6) is 0 Å². The molecule has 1 aromatic heterocycles. The molecule has 0 saturated carbocycles. The third kappa shape index (κ3) is 3.69. The van der Waals surface area contributed by atoms with Crippen molar-refractivity contribution in [2.45, 2.75) is 25.8 Å². The Morgan fingerprint density at radius 2 is 1.66 bits per heavy atom. The molecule has 9 nitrogen and oxygen atoms in total. The van der Waals surface area contributed by atoms with E-state index >= 15 is 0 Å². The Morgan fingerprint density at radius 3 is 2.31 bits per heavy atom. The number of hydrogen-bond donors (Lipinski definition) is 0. The molecule has 2 aromatic rings. The highest BCUT2D eigenvalue weighted by Gasteiger charge is 2.31. The number of aryl methyl sites for hydroxylation is 1. The zero-order chi connectivity index (χ0) is 20.5. The van der Waals surface area contributed by atoms with E-state index in [4.69, 9.17) is 11.6 Å². The van der Waals surface area contributed by atoms with Crippen LogP contribution in [0, 0.1) is 10.1 Å². The quantitative estimate of drug-likeness (QED) is 0.563. The summed E-state index contributed by atoms with van der Waals surface area (Å²) >= 11 is 5.93. The zero-order valence-electron chi connectivity index (χ0n) is 15.7. The standard InChI is InChI=1S/C19H20ClN5O4/c20-13-4-5-17(25(28)29)14(11-13)18(26)22-7-9-23(10-8-22)19(27)15-12-21-24-6-2-1-3-16(15)24/h4-5,11-12H,1-3,6-10H2. The molecule has 1 aromatic carbocycles. The van der Waals surface area contributed by atoms with Crippen molar-refractivity contribution in [1.29, 1.82) is 0 Å². The van der Waals surface area contributed by atoms with Crippen LogP contribution in [0.4, 0.5) is 5.69 Å². The van der Waals surface area contributed by atoms with Gasteiger partial charge in [0.1, 0.15) is 5.56 Å². The Morgan fingerprint density at radius 1 is 1.00 bits per heavy atom. The maximum atomic E-state index is 12.9. The van der Waals surface area contributed by atoms with Gasteiger partial charge in [-0.15, -0.1) is 0 Å². The fourth-order valence-electron chi connectivity index (χ4n) is 3.89. The lowest BCUT2D eigenvalue weighted by Crippen LogP contribution is -2.50. The molecule has 4 rings (SSSR count). The maximum Gasteiger partial charge on any atom is 0.282 e. The average molecular weight is 418 g/mol. The van der Waals surface area contributed by atoms with Crippen molar-refractivity contribution in [3.05, 3.63) is 56.4 Å². The Kier molecular flexibility index (Phi) is 5.23. The SMILES string of the molecule is O=C(c1cc(Cl)ccc1[N+](=O)[O-])N1CCN(C(=O)c2cnn3c2CCCC3)CC1.